The molecule has 0 aromatic rings. The van der Waals surface area contributed by atoms with Gasteiger partial charge in [-0.3, -0.25) is 0 Å². The highest BCUT2D eigenvalue weighted by molar-refractivity contribution is 4.96. The molecule has 0 unspecified atom stereocenters. The zero-order valence-corrected chi connectivity index (χ0v) is 18.1. The molecular formula is C18H31FO16. The van der Waals surface area contributed by atoms with Gasteiger partial charge in [-0.15, -0.1) is 0 Å². The zero-order valence-electron chi connectivity index (χ0n) is 18.1. The van der Waals surface area contributed by atoms with Gasteiger partial charge < -0.3 is 74.7 Å². The minimum Gasteiger partial charge on any atom is -0.394 e. The summed E-state index contributed by atoms with van der Waals surface area (Å²) in [5.41, 5.74) is 0. The van der Waals surface area contributed by atoms with Crippen LogP contribution in [0.1, 0.15) is 0 Å². The Labute approximate surface area is 197 Å². The van der Waals surface area contributed by atoms with E-state index in [0.717, 1.165) is 0 Å². The summed E-state index contributed by atoms with van der Waals surface area (Å²) in [4.78, 5) is 3.46. The smallest absolute Gasteiger partial charge is 0.225 e. The number of hydrogen-bond donors (Lipinski definition) is 10. The Morgan fingerprint density at radius 2 is 0.943 bits per heavy atom. The van der Waals surface area contributed by atoms with Crippen molar-refractivity contribution in [2.24, 2.45) is 0 Å². The van der Waals surface area contributed by atoms with E-state index in [1.54, 1.807) is 0 Å². The van der Waals surface area contributed by atoms with Crippen molar-refractivity contribution >= 4 is 0 Å². The summed E-state index contributed by atoms with van der Waals surface area (Å²) >= 11 is 0. The summed E-state index contributed by atoms with van der Waals surface area (Å²) in [7, 11) is 0. The number of aliphatic hydroxyl groups excluding tert-OH is 10. The molecule has 3 heterocycles. The Kier molecular flexibility index (Phi) is 10.1. The molecule has 0 aliphatic carbocycles. The molecular weight excluding hydrogens is 491 g/mol. The van der Waals surface area contributed by atoms with Crippen molar-refractivity contribution in [1.82, 2.24) is 0 Å². The highest BCUT2D eigenvalue weighted by atomic mass is 19.3. The standard InChI is InChI=1S/C18H31FO16/c19-35-18-13(29)15(8(24)5(2-21)31-18)34-17-12(28)10(26)14(6(3-22)32-17)33-16-11(27)9(25)7(23)4(1-20)30-16/h4-18,20-29H,1-3H2/t4-,5-,6-,7-,8-,9+,10-,11-,12-,13-,14-,15+,16+,17+,18+/m1/s1. The molecule has 0 aromatic carbocycles. The first kappa shape index (κ1) is 28.9. The van der Waals surface area contributed by atoms with Crippen LogP contribution in [0.2, 0.25) is 0 Å². The topological polar surface area (TPSA) is 258 Å². The first-order valence-electron chi connectivity index (χ1n) is 10.7. The summed E-state index contributed by atoms with van der Waals surface area (Å²) in [6, 6.07) is 0. The minimum atomic E-state index is -1.98. The first-order valence-corrected chi connectivity index (χ1v) is 10.7. The van der Waals surface area contributed by atoms with E-state index in [2.05, 4.69) is 4.94 Å². The molecule has 15 atom stereocenters. The third-order valence-electron chi connectivity index (χ3n) is 6.16. The third kappa shape index (κ3) is 5.75. The van der Waals surface area contributed by atoms with Gasteiger partial charge in [0.25, 0.3) is 0 Å². The molecule has 35 heavy (non-hydrogen) atoms. The SMILES string of the molecule is OC[C@H]1O[C@@H](O[C@H]2[C@H](O)[C@@H](O)[C@H](O[C@@H]3[C@@H](O)[C@H](OF)O[C@H](CO)[C@H]3O)O[C@@H]2CO)[C@H](O)[C@@H](O)[C@@H]1O. The molecule has 0 radical (unpaired) electrons. The lowest BCUT2D eigenvalue weighted by atomic mass is 9.96. The Bertz CT molecular complexity index is 642. The van der Waals surface area contributed by atoms with Crippen molar-refractivity contribution in [2.75, 3.05) is 19.8 Å². The second kappa shape index (κ2) is 12.2. The van der Waals surface area contributed by atoms with Gasteiger partial charge in [0.15, 0.2) is 12.6 Å². The van der Waals surface area contributed by atoms with Crippen LogP contribution in [-0.4, -0.2) is 163 Å². The minimum absolute atomic E-state index is 0.759. The maximum absolute atomic E-state index is 12.7. The van der Waals surface area contributed by atoms with Crippen LogP contribution in [0.5, 0.6) is 0 Å². The summed E-state index contributed by atoms with van der Waals surface area (Å²) in [5, 5.41) is 99.8. The number of hydrogen-bond acceptors (Lipinski definition) is 16. The second-order valence-electron chi connectivity index (χ2n) is 8.40. The molecule has 3 saturated heterocycles. The maximum atomic E-state index is 12.7. The van der Waals surface area contributed by atoms with E-state index in [0.29, 0.717) is 0 Å². The summed E-state index contributed by atoms with van der Waals surface area (Å²) in [5.74, 6) is 0. The fraction of sp³-hybridized carbons (Fsp3) is 1.00. The van der Waals surface area contributed by atoms with Gasteiger partial charge in [-0.05, 0) is 4.53 Å². The van der Waals surface area contributed by atoms with Crippen molar-refractivity contribution in [3.8, 4) is 0 Å². The molecule has 0 amide bonds. The number of halogens is 1. The van der Waals surface area contributed by atoms with E-state index in [1.165, 1.54) is 0 Å². The highest BCUT2D eigenvalue weighted by Crippen LogP contribution is 2.32. The average Bonchev–Trinajstić information content (AvgIpc) is 2.85. The van der Waals surface area contributed by atoms with Crippen LogP contribution in [0.15, 0.2) is 0 Å². The lowest BCUT2D eigenvalue weighted by Crippen LogP contribution is -2.66. The van der Waals surface area contributed by atoms with Crippen molar-refractivity contribution in [1.29, 1.82) is 0 Å². The largest absolute Gasteiger partial charge is 0.394 e. The molecule has 3 fully saturated rings. The Morgan fingerprint density at radius 1 is 0.486 bits per heavy atom. The number of ether oxygens (including phenoxy) is 5. The molecule has 0 aromatic heterocycles. The summed E-state index contributed by atoms with van der Waals surface area (Å²) < 4.78 is 38.9. The highest BCUT2D eigenvalue weighted by Gasteiger charge is 2.53. The number of aliphatic hydroxyl groups is 10. The molecule has 17 heteroatoms. The van der Waals surface area contributed by atoms with Gasteiger partial charge in [0.2, 0.25) is 6.29 Å². The molecule has 3 aliphatic heterocycles. The van der Waals surface area contributed by atoms with Gasteiger partial charge in [-0.2, -0.15) is 4.94 Å². The van der Waals surface area contributed by atoms with Gasteiger partial charge in [0, 0.05) is 0 Å². The maximum Gasteiger partial charge on any atom is 0.225 e. The van der Waals surface area contributed by atoms with Crippen LogP contribution in [-0.2, 0) is 28.6 Å². The summed E-state index contributed by atoms with van der Waals surface area (Å²) in [6.07, 6.45) is -26.2. The fourth-order valence-electron chi connectivity index (χ4n) is 4.11. The average molecular weight is 522 g/mol. The lowest BCUT2D eigenvalue weighted by Gasteiger charge is -2.47. The Balaban J connectivity index is 1.73. The zero-order chi connectivity index (χ0) is 26.0. The van der Waals surface area contributed by atoms with Gasteiger partial charge in [-0.1, -0.05) is 0 Å². The molecule has 3 aliphatic rings. The lowest BCUT2D eigenvalue weighted by molar-refractivity contribution is -0.395. The van der Waals surface area contributed by atoms with Gasteiger partial charge in [-0.25, -0.2) is 0 Å². The predicted octanol–water partition coefficient (Wildman–Crippen LogP) is -6.66. The molecule has 0 spiro atoms. The van der Waals surface area contributed by atoms with Gasteiger partial charge in [0.1, 0.15) is 73.2 Å². The predicted molar refractivity (Wildman–Crippen MR) is 101 cm³/mol. The van der Waals surface area contributed by atoms with Gasteiger partial charge >= 0.3 is 0 Å². The molecule has 16 nitrogen and oxygen atoms in total. The Hall–Kier alpha value is -0.710. The third-order valence-corrected chi connectivity index (χ3v) is 6.16. The summed E-state index contributed by atoms with van der Waals surface area (Å²) in [6.45, 7) is -2.44. The van der Waals surface area contributed by atoms with Gasteiger partial charge in [0.05, 0.1) is 19.8 Å². The monoisotopic (exact) mass is 522 g/mol. The van der Waals surface area contributed by atoms with E-state index >= 15 is 0 Å². The van der Waals surface area contributed by atoms with E-state index in [-0.39, 0.29) is 0 Å². The van der Waals surface area contributed by atoms with Crippen molar-refractivity contribution in [2.45, 2.75) is 92.1 Å². The number of rotatable bonds is 8. The van der Waals surface area contributed by atoms with Crippen molar-refractivity contribution < 1.29 is 84.2 Å². The second-order valence-corrected chi connectivity index (χ2v) is 8.40. The van der Waals surface area contributed by atoms with Crippen LogP contribution in [0.4, 0.5) is 4.53 Å². The van der Waals surface area contributed by atoms with E-state index < -0.39 is 112 Å². The van der Waals surface area contributed by atoms with E-state index in [1.807, 2.05) is 0 Å². The normalized spacial score (nSPS) is 51.3. The van der Waals surface area contributed by atoms with Crippen LogP contribution in [0.25, 0.3) is 0 Å². The Morgan fingerprint density at radius 3 is 1.49 bits per heavy atom. The van der Waals surface area contributed by atoms with E-state index in [9.17, 15) is 55.6 Å². The first-order chi connectivity index (χ1) is 16.6. The van der Waals surface area contributed by atoms with Crippen LogP contribution in [0.3, 0.4) is 0 Å². The van der Waals surface area contributed by atoms with E-state index in [4.69, 9.17) is 23.7 Å². The quantitative estimate of drug-likeness (QED) is 0.142. The fourth-order valence-corrected chi connectivity index (χ4v) is 4.11. The molecule has 0 saturated carbocycles. The molecule has 0 bridgehead atoms. The van der Waals surface area contributed by atoms with Crippen LogP contribution >= 0.6 is 0 Å². The van der Waals surface area contributed by atoms with Crippen LogP contribution < -0.4 is 0 Å². The molecule has 10 N–H and O–H groups in total. The van der Waals surface area contributed by atoms with Crippen molar-refractivity contribution in [3.63, 3.8) is 0 Å². The van der Waals surface area contributed by atoms with Crippen molar-refractivity contribution in [3.05, 3.63) is 0 Å². The van der Waals surface area contributed by atoms with Crippen LogP contribution in [0, 0.1) is 0 Å². The molecule has 206 valence electrons. The molecule has 3 rings (SSSR count).